The summed E-state index contributed by atoms with van der Waals surface area (Å²) in [5.74, 6) is 0. The molecule has 1 aliphatic heterocycles. The molecular weight excluding hydrogens is 198 g/mol. The van der Waals surface area contributed by atoms with Crippen LogP contribution >= 0.6 is 0 Å². The molecule has 0 aromatic rings. The first-order chi connectivity index (χ1) is 7.52. The smallest absolute Gasteiger partial charge is 0.0271 e. The predicted octanol–water partition coefficient (Wildman–Crippen LogP) is 1.40. The van der Waals surface area contributed by atoms with Gasteiger partial charge in [-0.3, -0.25) is 0 Å². The quantitative estimate of drug-likeness (QED) is 0.663. The Hall–Kier alpha value is -0.120. The molecule has 0 aromatic heterocycles. The van der Waals surface area contributed by atoms with Crippen LogP contribution in [0.1, 0.15) is 33.1 Å². The molecule has 16 heavy (non-hydrogen) atoms. The van der Waals surface area contributed by atoms with Crippen molar-refractivity contribution in [3.63, 3.8) is 0 Å². The average molecular weight is 227 g/mol. The Bertz CT molecular complexity index is 184. The summed E-state index contributed by atoms with van der Waals surface area (Å²) in [6.45, 7) is 10.7. The van der Waals surface area contributed by atoms with Gasteiger partial charge in [0.1, 0.15) is 0 Å². The molecule has 0 saturated carbocycles. The van der Waals surface area contributed by atoms with Gasteiger partial charge >= 0.3 is 0 Å². The first-order valence-electron chi connectivity index (χ1n) is 6.63. The first kappa shape index (κ1) is 13.9. The Balaban J connectivity index is 1.99. The Labute approximate surface area is 101 Å². The molecule has 1 aliphatic rings. The molecule has 1 saturated heterocycles. The van der Waals surface area contributed by atoms with Crippen molar-refractivity contribution in [3.8, 4) is 0 Å². The van der Waals surface area contributed by atoms with Crippen molar-refractivity contribution >= 4 is 0 Å². The second-order valence-corrected chi connectivity index (χ2v) is 5.79. The third-order valence-corrected chi connectivity index (χ3v) is 3.79. The van der Waals surface area contributed by atoms with Crippen molar-refractivity contribution in [1.29, 1.82) is 0 Å². The van der Waals surface area contributed by atoms with E-state index in [0.717, 1.165) is 13.1 Å². The van der Waals surface area contributed by atoms with E-state index >= 15 is 0 Å². The van der Waals surface area contributed by atoms with Crippen LogP contribution in [0.3, 0.4) is 0 Å². The first-order valence-corrected chi connectivity index (χ1v) is 6.63. The highest BCUT2D eigenvalue weighted by Gasteiger charge is 2.19. The fourth-order valence-electron chi connectivity index (χ4n) is 1.99. The number of rotatable bonds is 7. The lowest BCUT2D eigenvalue weighted by atomic mass is 10.0. The van der Waals surface area contributed by atoms with Crippen molar-refractivity contribution in [2.24, 2.45) is 0 Å². The van der Waals surface area contributed by atoms with Crippen molar-refractivity contribution < 1.29 is 0 Å². The second kappa shape index (κ2) is 6.58. The van der Waals surface area contributed by atoms with Crippen LogP contribution in [0.15, 0.2) is 0 Å². The summed E-state index contributed by atoms with van der Waals surface area (Å²) in [5.41, 5.74) is 0.258. The summed E-state index contributed by atoms with van der Waals surface area (Å²) in [5, 5.41) is 3.56. The minimum Gasteiger partial charge on any atom is -0.315 e. The zero-order valence-corrected chi connectivity index (χ0v) is 11.6. The lowest BCUT2D eigenvalue weighted by Gasteiger charge is -2.32. The Kier molecular flexibility index (Phi) is 5.73. The fourth-order valence-corrected chi connectivity index (χ4v) is 1.99. The lowest BCUT2D eigenvalue weighted by molar-refractivity contribution is 0.189. The zero-order valence-electron chi connectivity index (χ0n) is 11.6. The predicted molar refractivity (Wildman–Crippen MR) is 70.9 cm³/mol. The van der Waals surface area contributed by atoms with Gasteiger partial charge in [0.05, 0.1) is 0 Å². The monoisotopic (exact) mass is 227 g/mol. The number of nitrogens with zero attached hydrogens (tertiary/aromatic N) is 2. The molecule has 1 fully saturated rings. The van der Waals surface area contributed by atoms with Gasteiger partial charge in [-0.2, -0.15) is 0 Å². The number of likely N-dealkylation sites (N-methyl/N-ethyl adjacent to an activating group) is 1. The fraction of sp³-hybridized carbons (Fsp3) is 1.00. The van der Waals surface area contributed by atoms with Gasteiger partial charge in [-0.25, -0.2) is 0 Å². The van der Waals surface area contributed by atoms with Gasteiger partial charge in [0.25, 0.3) is 0 Å². The van der Waals surface area contributed by atoms with Crippen LogP contribution in [0.25, 0.3) is 0 Å². The molecule has 96 valence electrons. The molecule has 0 radical (unpaired) electrons. The van der Waals surface area contributed by atoms with E-state index in [1.807, 2.05) is 0 Å². The minimum absolute atomic E-state index is 0.258. The SMILES string of the molecule is CN(C)C(C)(C)CNCCCN1CCCC1. The summed E-state index contributed by atoms with van der Waals surface area (Å²) in [4.78, 5) is 4.86. The minimum atomic E-state index is 0.258. The van der Waals surface area contributed by atoms with Gasteiger partial charge in [-0.1, -0.05) is 0 Å². The summed E-state index contributed by atoms with van der Waals surface area (Å²) in [6, 6.07) is 0. The molecule has 0 amide bonds. The van der Waals surface area contributed by atoms with Gasteiger partial charge in [0, 0.05) is 12.1 Å². The van der Waals surface area contributed by atoms with E-state index < -0.39 is 0 Å². The average Bonchev–Trinajstić information content (AvgIpc) is 2.69. The standard InChI is InChI=1S/C13H29N3/c1-13(2,15(3)4)12-14-8-7-11-16-9-5-6-10-16/h14H,5-12H2,1-4H3. The van der Waals surface area contributed by atoms with Crippen molar-refractivity contribution in [3.05, 3.63) is 0 Å². The maximum Gasteiger partial charge on any atom is 0.0271 e. The van der Waals surface area contributed by atoms with E-state index in [4.69, 9.17) is 0 Å². The largest absolute Gasteiger partial charge is 0.315 e. The van der Waals surface area contributed by atoms with Crippen LogP contribution in [-0.2, 0) is 0 Å². The van der Waals surface area contributed by atoms with E-state index in [1.165, 1.54) is 38.9 Å². The highest BCUT2D eigenvalue weighted by atomic mass is 15.2. The van der Waals surface area contributed by atoms with Crippen LogP contribution in [0, 0.1) is 0 Å². The molecule has 3 heteroatoms. The summed E-state index contributed by atoms with van der Waals surface area (Å²) >= 11 is 0. The molecule has 1 N–H and O–H groups in total. The van der Waals surface area contributed by atoms with Crippen LogP contribution in [0.2, 0.25) is 0 Å². The summed E-state index contributed by atoms with van der Waals surface area (Å²) in [7, 11) is 4.29. The molecule has 1 heterocycles. The third kappa shape index (κ3) is 4.81. The van der Waals surface area contributed by atoms with E-state index in [1.54, 1.807) is 0 Å². The number of hydrogen-bond donors (Lipinski definition) is 1. The highest BCUT2D eigenvalue weighted by Crippen LogP contribution is 2.08. The molecule has 3 nitrogen and oxygen atoms in total. The number of hydrogen-bond acceptors (Lipinski definition) is 3. The maximum atomic E-state index is 3.56. The normalized spacial score (nSPS) is 18.6. The van der Waals surface area contributed by atoms with Crippen molar-refractivity contribution in [2.75, 3.05) is 46.8 Å². The van der Waals surface area contributed by atoms with Crippen LogP contribution in [0.5, 0.6) is 0 Å². The van der Waals surface area contributed by atoms with Gasteiger partial charge in [-0.05, 0) is 73.4 Å². The zero-order chi connectivity index (χ0) is 12.0. The molecular formula is C13H29N3. The molecule has 0 atom stereocenters. The van der Waals surface area contributed by atoms with E-state index in [9.17, 15) is 0 Å². The highest BCUT2D eigenvalue weighted by molar-refractivity contribution is 4.79. The van der Waals surface area contributed by atoms with Crippen molar-refractivity contribution in [2.45, 2.75) is 38.6 Å². The molecule has 0 aromatic carbocycles. The Morgan fingerprint density at radius 3 is 2.38 bits per heavy atom. The van der Waals surface area contributed by atoms with Gasteiger partial charge in [-0.15, -0.1) is 0 Å². The molecule has 0 unspecified atom stereocenters. The molecule has 0 bridgehead atoms. The summed E-state index contributed by atoms with van der Waals surface area (Å²) in [6.07, 6.45) is 4.09. The van der Waals surface area contributed by atoms with Crippen molar-refractivity contribution in [1.82, 2.24) is 15.1 Å². The maximum absolute atomic E-state index is 3.56. The van der Waals surface area contributed by atoms with E-state index in [-0.39, 0.29) is 5.54 Å². The molecule has 1 rings (SSSR count). The third-order valence-electron chi connectivity index (χ3n) is 3.79. The van der Waals surface area contributed by atoms with E-state index in [0.29, 0.717) is 0 Å². The Morgan fingerprint density at radius 2 is 1.81 bits per heavy atom. The van der Waals surface area contributed by atoms with Crippen LogP contribution in [-0.4, -0.2) is 62.2 Å². The number of nitrogens with one attached hydrogen (secondary N) is 1. The molecule has 0 spiro atoms. The lowest BCUT2D eigenvalue weighted by Crippen LogP contribution is -2.47. The van der Waals surface area contributed by atoms with Gasteiger partial charge in [0.15, 0.2) is 0 Å². The van der Waals surface area contributed by atoms with Gasteiger partial charge in [0.2, 0.25) is 0 Å². The topological polar surface area (TPSA) is 18.5 Å². The summed E-state index contributed by atoms with van der Waals surface area (Å²) < 4.78 is 0. The van der Waals surface area contributed by atoms with Crippen LogP contribution in [0.4, 0.5) is 0 Å². The second-order valence-electron chi connectivity index (χ2n) is 5.79. The van der Waals surface area contributed by atoms with Gasteiger partial charge < -0.3 is 15.1 Å². The van der Waals surface area contributed by atoms with Crippen LogP contribution < -0.4 is 5.32 Å². The number of likely N-dealkylation sites (tertiary alicyclic amines) is 1. The molecule has 0 aliphatic carbocycles. The van der Waals surface area contributed by atoms with E-state index in [2.05, 4.69) is 43.1 Å². The Morgan fingerprint density at radius 1 is 1.19 bits per heavy atom.